The van der Waals surface area contributed by atoms with Gasteiger partial charge in [-0.3, -0.25) is 0 Å². The lowest BCUT2D eigenvalue weighted by Gasteiger charge is -2.19. The van der Waals surface area contributed by atoms with Gasteiger partial charge in [0.05, 0.1) is 5.54 Å². The van der Waals surface area contributed by atoms with Gasteiger partial charge in [-0.15, -0.1) is 0 Å². The van der Waals surface area contributed by atoms with Crippen molar-refractivity contribution in [3.63, 3.8) is 0 Å². The summed E-state index contributed by atoms with van der Waals surface area (Å²) in [7, 11) is 0. The Hall–Kier alpha value is -1.07. The lowest BCUT2D eigenvalue weighted by Crippen LogP contribution is -2.25. The molecule has 0 aliphatic heterocycles. The molecule has 1 aromatic rings. The smallest absolute Gasteiger partial charge is 0.233 e. The van der Waals surface area contributed by atoms with Crippen LogP contribution in [0.1, 0.15) is 32.0 Å². The fourth-order valence-electron chi connectivity index (χ4n) is 1.19. The highest BCUT2D eigenvalue weighted by Gasteiger charge is 2.39. The molecule has 0 aromatic carbocycles. The molecule has 86 valence electrons. The van der Waals surface area contributed by atoms with Crippen molar-refractivity contribution in [1.82, 2.24) is 9.78 Å². The summed E-state index contributed by atoms with van der Waals surface area (Å²) in [6, 6.07) is 0. The van der Waals surface area contributed by atoms with Crippen LogP contribution in [0.2, 0.25) is 0 Å². The van der Waals surface area contributed by atoms with Gasteiger partial charge in [0.15, 0.2) is 5.69 Å². The van der Waals surface area contributed by atoms with Gasteiger partial charge in [0, 0.05) is 5.56 Å². The SMILES string of the molecule is Cc1c(C(F)(F)F)nn(C(C)(C)C)c1F. The van der Waals surface area contributed by atoms with Crippen LogP contribution in [0.5, 0.6) is 0 Å². The molecule has 0 aliphatic carbocycles. The van der Waals surface area contributed by atoms with E-state index in [0.717, 1.165) is 11.6 Å². The maximum Gasteiger partial charge on any atom is 0.435 e. The van der Waals surface area contributed by atoms with E-state index in [-0.39, 0.29) is 0 Å². The van der Waals surface area contributed by atoms with Gasteiger partial charge in [0.25, 0.3) is 0 Å². The highest BCUT2D eigenvalue weighted by atomic mass is 19.4. The Bertz CT molecular complexity index is 336. The number of alkyl halides is 3. The Kier molecular flexibility index (Phi) is 2.57. The number of hydrogen-bond acceptors (Lipinski definition) is 1. The summed E-state index contributed by atoms with van der Waals surface area (Å²) in [4.78, 5) is 0. The third-order valence-electron chi connectivity index (χ3n) is 1.95. The lowest BCUT2D eigenvalue weighted by atomic mass is 10.1. The molecule has 2 nitrogen and oxygen atoms in total. The molecule has 0 N–H and O–H groups in total. The second kappa shape index (κ2) is 3.21. The molecule has 0 atom stereocenters. The predicted octanol–water partition coefficient (Wildman–Crippen LogP) is 3.10. The van der Waals surface area contributed by atoms with Gasteiger partial charge < -0.3 is 0 Å². The average molecular weight is 224 g/mol. The summed E-state index contributed by atoms with van der Waals surface area (Å²) in [5.41, 5.74) is -2.43. The molecule has 0 fully saturated rings. The minimum Gasteiger partial charge on any atom is -0.233 e. The molecule has 1 heterocycles. The zero-order valence-electron chi connectivity index (χ0n) is 8.91. The lowest BCUT2D eigenvalue weighted by molar-refractivity contribution is -0.142. The van der Waals surface area contributed by atoms with Crippen molar-refractivity contribution in [2.24, 2.45) is 0 Å². The first kappa shape index (κ1) is 12.0. The topological polar surface area (TPSA) is 17.8 Å². The monoisotopic (exact) mass is 224 g/mol. The van der Waals surface area contributed by atoms with Crippen molar-refractivity contribution in [2.75, 3.05) is 0 Å². The van der Waals surface area contributed by atoms with Crippen molar-refractivity contribution < 1.29 is 17.6 Å². The summed E-state index contributed by atoms with van der Waals surface area (Å²) in [5.74, 6) is -0.935. The van der Waals surface area contributed by atoms with E-state index in [0.29, 0.717) is 0 Å². The summed E-state index contributed by atoms with van der Waals surface area (Å²) >= 11 is 0. The van der Waals surface area contributed by atoms with E-state index in [1.54, 1.807) is 20.8 Å². The number of hydrogen-bond donors (Lipinski definition) is 0. The van der Waals surface area contributed by atoms with E-state index in [4.69, 9.17) is 0 Å². The van der Waals surface area contributed by atoms with Crippen LogP contribution in [0.15, 0.2) is 0 Å². The van der Waals surface area contributed by atoms with Crippen molar-refractivity contribution >= 4 is 0 Å². The van der Waals surface area contributed by atoms with Crippen molar-refractivity contribution in [1.29, 1.82) is 0 Å². The van der Waals surface area contributed by atoms with E-state index in [1.807, 2.05) is 0 Å². The molecular weight excluding hydrogens is 212 g/mol. The van der Waals surface area contributed by atoms with E-state index in [1.165, 1.54) is 0 Å². The molecule has 15 heavy (non-hydrogen) atoms. The quantitative estimate of drug-likeness (QED) is 0.619. The number of aromatic nitrogens is 2. The summed E-state index contributed by atoms with van der Waals surface area (Å²) in [5, 5.41) is 3.27. The molecule has 0 radical (unpaired) electrons. The van der Waals surface area contributed by atoms with Crippen LogP contribution in [-0.2, 0) is 11.7 Å². The van der Waals surface area contributed by atoms with Crippen LogP contribution >= 0.6 is 0 Å². The normalized spacial score (nSPS) is 13.3. The maximum absolute atomic E-state index is 13.4. The molecule has 0 saturated carbocycles. The van der Waals surface area contributed by atoms with Crippen LogP contribution in [0, 0.1) is 12.9 Å². The zero-order chi connectivity index (χ0) is 12.0. The van der Waals surface area contributed by atoms with Gasteiger partial charge in [-0.2, -0.15) is 22.7 Å². The third-order valence-corrected chi connectivity index (χ3v) is 1.95. The minimum absolute atomic E-state index is 0.461. The van der Waals surface area contributed by atoms with Gasteiger partial charge in [0.2, 0.25) is 5.95 Å². The standard InChI is InChI=1S/C9H12F4N2/c1-5-6(9(11,12)13)14-15(7(5)10)8(2,3)4/h1-4H3. The first-order valence-corrected chi connectivity index (χ1v) is 4.38. The Morgan fingerprint density at radius 3 is 1.80 bits per heavy atom. The Morgan fingerprint density at radius 2 is 1.60 bits per heavy atom. The van der Waals surface area contributed by atoms with Crippen molar-refractivity contribution in [2.45, 2.75) is 39.4 Å². The zero-order valence-corrected chi connectivity index (χ0v) is 8.91. The number of nitrogens with zero attached hydrogens (tertiary/aromatic N) is 2. The van der Waals surface area contributed by atoms with Crippen LogP contribution < -0.4 is 0 Å². The van der Waals surface area contributed by atoms with E-state index >= 15 is 0 Å². The average Bonchev–Trinajstić information content (AvgIpc) is 2.26. The molecule has 1 aromatic heterocycles. The van der Waals surface area contributed by atoms with Gasteiger partial charge in [0.1, 0.15) is 0 Å². The Morgan fingerprint density at radius 1 is 1.13 bits per heavy atom. The second-order valence-electron chi connectivity index (χ2n) is 4.34. The molecule has 0 aliphatic rings. The molecule has 0 bridgehead atoms. The third kappa shape index (κ3) is 2.13. The summed E-state index contributed by atoms with van der Waals surface area (Å²) in [6.45, 7) is 5.83. The van der Waals surface area contributed by atoms with Crippen LogP contribution in [0.4, 0.5) is 17.6 Å². The highest BCUT2D eigenvalue weighted by Crippen LogP contribution is 2.33. The second-order valence-corrected chi connectivity index (χ2v) is 4.34. The van der Waals surface area contributed by atoms with Crippen molar-refractivity contribution in [3.05, 3.63) is 17.2 Å². The van der Waals surface area contributed by atoms with E-state index < -0.39 is 28.9 Å². The van der Waals surface area contributed by atoms with Gasteiger partial charge in [-0.1, -0.05) is 0 Å². The fourth-order valence-corrected chi connectivity index (χ4v) is 1.19. The van der Waals surface area contributed by atoms with Crippen LogP contribution in [-0.4, -0.2) is 9.78 Å². The minimum atomic E-state index is -4.61. The summed E-state index contributed by atoms with van der Waals surface area (Å²) < 4.78 is 51.4. The largest absolute Gasteiger partial charge is 0.435 e. The highest BCUT2D eigenvalue weighted by molar-refractivity contribution is 5.20. The maximum atomic E-state index is 13.4. The molecule has 0 spiro atoms. The fraction of sp³-hybridized carbons (Fsp3) is 0.667. The molecular formula is C9H12F4N2. The molecule has 0 unspecified atom stereocenters. The van der Waals surface area contributed by atoms with E-state index in [2.05, 4.69) is 5.10 Å². The molecule has 1 rings (SSSR count). The Labute approximate surface area is 84.9 Å². The van der Waals surface area contributed by atoms with Crippen LogP contribution in [0.3, 0.4) is 0 Å². The van der Waals surface area contributed by atoms with Crippen LogP contribution in [0.25, 0.3) is 0 Å². The number of halogens is 4. The first-order valence-electron chi connectivity index (χ1n) is 4.38. The number of rotatable bonds is 0. The summed E-state index contributed by atoms with van der Waals surface area (Å²) in [6.07, 6.45) is -4.61. The van der Waals surface area contributed by atoms with Crippen molar-refractivity contribution in [3.8, 4) is 0 Å². The first-order chi connectivity index (χ1) is 6.55. The Balaban J connectivity index is 3.38. The van der Waals surface area contributed by atoms with Gasteiger partial charge in [-0.25, -0.2) is 4.68 Å². The molecule has 0 amide bonds. The molecule has 0 saturated heterocycles. The molecule has 6 heteroatoms. The predicted molar refractivity (Wildman–Crippen MR) is 46.9 cm³/mol. The van der Waals surface area contributed by atoms with Gasteiger partial charge in [-0.05, 0) is 27.7 Å². The van der Waals surface area contributed by atoms with Gasteiger partial charge >= 0.3 is 6.18 Å². The van der Waals surface area contributed by atoms with E-state index in [9.17, 15) is 17.6 Å².